The van der Waals surface area contributed by atoms with E-state index in [4.69, 9.17) is 11.6 Å². The Kier molecular flexibility index (Phi) is 4.70. The predicted molar refractivity (Wildman–Crippen MR) is 74.0 cm³/mol. The molecule has 0 aliphatic heterocycles. The van der Waals surface area contributed by atoms with E-state index in [-0.39, 0.29) is 12.5 Å². The molecule has 1 aromatic carbocycles. The molecule has 0 saturated carbocycles. The Balaban J connectivity index is 1.88. The van der Waals surface area contributed by atoms with Crippen molar-refractivity contribution in [1.82, 2.24) is 20.3 Å². The van der Waals surface area contributed by atoms with Crippen molar-refractivity contribution < 1.29 is 9.90 Å². The lowest BCUT2D eigenvalue weighted by Gasteiger charge is -2.06. The third-order valence-electron chi connectivity index (χ3n) is 2.72. The smallest absolute Gasteiger partial charge is 0.242 e. The summed E-state index contributed by atoms with van der Waals surface area (Å²) in [6, 6.07) is 7.32. The molecule has 7 heteroatoms. The maximum Gasteiger partial charge on any atom is 0.242 e. The Morgan fingerprint density at radius 2 is 2.25 bits per heavy atom. The van der Waals surface area contributed by atoms with Gasteiger partial charge in [-0.1, -0.05) is 35.0 Å². The standard InChI is InChI=1S/C13H15ClN4O2/c1-9(19)12-7-18(17-16-12)8-13(20)15-6-10-4-2-3-5-11(10)14/h2-5,7,9,19H,6,8H2,1H3,(H,15,20). The van der Waals surface area contributed by atoms with E-state index in [0.717, 1.165) is 5.56 Å². The summed E-state index contributed by atoms with van der Waals surface area (Å²) in [4.78, 5) is 11.8. The second-order valence-electron chi connectivity index (χ2n) is 4.39. The lowest BCUT2D eigenvalue weighted by Crippen LogP contribution is -2.27. The van der Waals surface area contributed by atoms with Gasteiger partial charge in [0.25, 0.3) is 0 Å². The number of nitrogens with zero attached hydrogens (tertiary/aromatic N) is 3. The zero-order valence-corrected chi connectivity index (χ0v) is 11.7. The van der Waals surface area contributed by atoms with Gasteiger partial charge in [-0.15, -0.1) is 5.10 Å². The molecule has 0 spiro atoms. The minimum atomic E-state index is -0.699. The Labute approximate surface area is 121 Å². The quantitative estimate of drug-likeness (QED) is 0.871. The van der Waals surface area contributed by atoms with E-state index in [1.807, 2.05) is 18.2 Å². The third kappa shape index (κ3) is 3.79. The number of rotatable bonds is 5. The summed E-state index contributed by atoms with van der Waals surface area (Å²) in [5, 5.41) is 20.2. The maximum atomic E-state index is 11.8. The highest BCUT2D eigenvalue weighted by molar-refractivity contribution is 6.31. The Hall–Kier alpha value is -1.92. The van der Waals surface area contributed by atoms with Crippen molar-refractivity contribution >= 4 is 17.5 Å². The molecule has 1 heterocycles. The average molecular weight is 295 g/mol. The molecule has 0 aliphatic carbocycles. The summed E-state index contributed by atoms with van der Waals surface area (Å²) in [6.45, 7) is 1.99. The summed E-state index contributed by atoms with van der Waals surface area (Å²) < 4.78 is 1.38. The van der Waals surface area contributed by atoms with Crippen molar-refractivity contribution in [2.24, 2.45) is 0 Å². The number of benzene rings is 1. The molecule has 1 atom stereocenters. The molecule has 2 N–H and O–H groups in total. The molecule has 1 aromatic heterocycles. The van der Waals surface area contributed by atoms with Gasteiger partial charge in [0.1, 0.15) is 12.2 Å². The predicted octanol–water partition coefficient (Wildman–Crippen LogP) is 1.30. The number of nitrogens with one attached hydrogen (secondary N) is 1. The number of amides is 1. The monoisotopic (exact) mass is 294 g/mol. The van der Waals surface area contributed by atoms with Gasteiger partial charge in [0.15, 0.2) is 0 Å². The van der Waals surface area contributed by atoms with E-state index < -0.39 is 6.10 Å². The van der Waals surface area contributed by atoms with E-state index in [1.54, 1.807) is 19.2 Å². The van der Waals surface area contributed by atoms with Crippen molar-refractivity contribution in [3.8, 4) is 0 Å². The van der Waals surface area contributed by atoms with Crippen LogP contribution in [0.1, 0.15) is 24.3 Å². The normalized spacial score (nSPS) is 12.2. The summed E-state index contributed by atoms with van der Waals surface area (Å²) >= 11 is 6.00. The van der Waals surface area contributed by atoms with Crippen LogP contribution in [0.2, 0.25) is 5.02 Å². The minimum absolute atomic E-state index is 0.0458. The molecule has 6 nitrogen and oxygen atoms in total. The van der Waals surface area contributed by atoms with Gasteiger partial charge in [0.05, 0.1) is 12.3 Å². The fraction of sp³-hybridized carbons (Fsp3) is 0.308. The van der Waals surface area contributed by atoms with Gasteiger partial charge in [-0.25, -0.2) is 4.68 Å². The molecule has 2 rings (SSSR count). The fourth-order valence-corrected chi connectivity index (χ4v) is 1.82. The van der Waals surface area contributed by atoms with Crippen LogP contribution in [0.25, 0.3) is 0 Å². The number of carbonyl (C=O) groups excluding carboxylic acids is 1. The summed E-state index contributed by atoms with van der Waals surface area (Å²) in [6.07, 6.45) is 0.842. The summed E-state index contributed by atoms with van der Waals surface area (Å²) in [5.74, 6) is -0.202. The molecule has 2 aromatic rings. The molecule has 0 fully saturated rings. The van der Waals surface area contributed by atoms with Gasteiger partial charge >= 0.3 is 0 Å². The lowest BCUT2D eigenvalue weighted by molar-refractivity contribution is -0.122. The number of carbonyl (C=O) groups is 1. The van der Waals surface area contributed by atoms with Crippen LogP contribution in [0.3, 0.4) is 0 Å². The largest absolute Gasteiger partial charge is 0.387 e. The number of hydrogen-bond donors (Lipinski definition) is 2. The molecule has 106 valence electrons. The van der Waals surface area contributed by atoms with Gasteiger partial charge in [-0.3, -0.25) is 4.79 Å². The Morgan fingerprint density at radius 3 is 2.90 bits per heavy atom. The first-order chi connectivity index (χ1) is 9.56. The van der Waals surface area contributed by atoms with Crippen molar-refractivity contribution in [2.45, 2.75) is 26.1 Å². The van der Waals surface area contributed by atoms with Crippen LogP contribution in [0, 0.1) is 0 Å². The van der Waals surface area contributed by atoms with E-state index in [9.17, 15) is 9.90 Å². The van der Waals surface area contributed by atoms with Crippen LogP contribution in [0.4, 0.5) is 0 Å². The molecule has 20 heavy (non-hydrogen) atoms. The number of aliphatic hydroxyl groups excluding tert-OH is 1. The van der Waals surface area contributed by atoms with E-state index >= 15 is 0 Å². The van der Waals surface area contributed by atoms with Crippen molar-refractivity contribution in [2.75, 3.05) is 0 Å². The van der Waals surface area contributed by atoms with Gasteiger partial charge in [-0.05, 0) is 18.6 Å². The first kappa shape index (κ1) is 14.5. The van der Waals surface area contributed by atoms with Gasteiger partial charge in [0, 0.05) is 11.6 Å². The van der Waals surface area contributed by atoms with Crippen molar-refractivity contribution in [3.05, 3.63) is 46.7 Å². The average Bonchev–Trinajstić information content (AvgIpc) is 2.86. The molecular weight excluding hydrogens is 280 g/mol. The highest BCUT2D eigenvalue weighted by Gasteiger charge is 2.09. The van der Waals surface area contributed by atoms with Gasteiger partial charge in [-0.2, -0.15) is 0 Å². The SMILES string of the molecule is CC(O)c1cn(CC(=O)NCc2ccccc2Cl)nn1. The van der Waals surface area contributed by atoms with Gasteiger partial charge < -0.3 is 10.4 Å². The van der Waals surface area contributed by atoms with Crippen LogP contribution in [0.15, 0.2) is 30.5 Å². The molecule has 0 radical (unpaired) electrons. The third-order valence-corrected chi connectivity index (χ3v) is 3.09. The van der Waals surface area contributed by atoms with Crippen LogP contribution in [0.5, 0.6) is 0 Å². The summed E-state index contributed by atoms with van der Waals surface area (Å²) in [5.41, 5.74) is 1.29. The van der Waals surface area contributed by atoms with Crippen LogP contribution < -0.4 is 5.32 Å². The molecule has 0 aliphatic rings. The number of hydrogen-bond acceptors (Lipinski definition) is 4. The maximum absolute atomic E-state index is 11.8. The first-order valence-corrected chi connectivity index (χ1v) is 6.52. The summed E-state index contributed by atoms with van der Waals surface area (Å²) in [7, 11) is 0. The van der Waals surface area contributed by atoms with E-state index in [1.165, 1.54) is 4.68 Å². The second kappa shape index (κ2) is 6.49. The molecule has 0 bridgehead atoms. The van der Waals surface area contributed by atoms with Crippen LogP contribution in [-0.2, 0) is 17.9 Å². The van der Waals surface area contributed by atoms with Crippen molar-refractivity contribution in [1.29, 1.82) is 0 Å². The van der Waals surface area contributed by atoms with E-state index in [2.05, 4.69) is 15.6 Å². The lowest BCUT2D eigenvalue weighted by atomic mass is 10.2. The Morgan fingerprint density at radius 1 is 1.50 bits per heavy atom. The molecule has 1 amide bonds. The molecule has 0 saturated heterocycles. The Bertz CT molecular complexity index is 598. The van der Waals surface area contributed by atoms with Crippen LogP contribution >= 0.6 is 11.6 Å². The first-order valence-electron chi connectivity index (χ1n) is 6.14. The van der Waals surface area contributed by atoms with E-state index in [0.29, 0.717) is 17.3 Å². The molecule has 1 unspecified atom stereocenters. The topological polar surface area (TPSA) is 80.0 Å². The number of aromatic nitrogens is 3. The number of halogens is 1. The van der Waals surface area contributed by atoms with Gasteiger partial charge in [0.2, 0.25) is 5.91 Å². The highest BCUT2D eigenvalue weighted by atomic mass is 35.5. The minimum Gasteiger partial charge on any atom is -0.387 e. The number of aliphatic hydroxyl groups is 1. The fourth-order valence-electron chi connectivity index (χ4n) is 1.62. The second-order valence-corrected chi connectivity index (χ2v) is 4.79. The zero-order valence-electron chi connectivity index (χ0n) is 11.0. The van der Waals surface area contributed by atoms with Crippen LogP contribution in [-0.4, -0.2) is 26.0 Å². The zero-order chi connectivity index (χ0) is 14.5. The highest BCUT2D eigenvalue weighted by Crippen LogP contribution is 2.14. The van der Waals surface area contributed by atoms with Crippen molar-refractivity contribution in [3.63, 3.8) is 0 Å². The molecular formula is C13H15ClN4O2.